The zero-order valence-electron chi connectivity index (χ0n) is 14.9. The van der Waals surface area contributed by atoms with Gasteiger partial charge < -0.3 is 14.5 Å². The van der Waals surface area contributed by atoms with Crippen molar-refractivity contribution in [1.29, 1.82) is 0 Å². The molecule has 0 radical (unpaired) electrons. The maximum absolute atomic E-state index is 12.0. The zero-order chi connectivity index (χ0) is 16.5. The first-order valence-electron chi connectivity index (χ1n) is 8.97. The van der Waals surface area contributed by atoms with Crippen molar-refractivity contribution in [3.05, 3.63) is 41.6 Å². The van der Waals surface area contributed by atoms with Gasteiger partial charge in [-0.05, 0) is 43.9 Å². The van der Waals surface area contributed by atoms with Crippen LogP contribution in [0.2, 0.25) is 0 Å². The van der Waals surface area contributed by atoms with Gasteiger partial charge in [0.2, 0.25) is 0 Å². The first-order chi connectivity index (χ1) is 11.7. The van der Waals surface area contributed by atoms with Crippen LogP contribution in [0.3, 0.4) is 0 Å². The van der Waals surface area contributed by atoms with Crippen molar-refractivity contribution in [1.82, 2.24) is 9.47 Å². The summed E-state index contributed by atoms with van der Waals surface area (Å²) in [5.41, 5.74) is 3.83. The van der Waals surface area contributed by atoms with Gasteiger partial charge >= 0.3 is 29.6 Å². The Hall–Kier alpha value is -1.07. The van der Waals surface area contributed by atoms with Gasteiger partial charge in [0.15, 0.2) is 0 Å². The van der Waals surface area contributed by atoms with Gasteiger partial charge in [0.05, 0.1) is 23.2 Å². The maximum atomic E-state index is 12.0. The van der Waals surface area contributed by atoms with Crippen molar-refractivity contribution < 1.29 is 39.5 Å². The number of rotatable bonds is 2. The maximum Gasteiger partial charge on any atom is 1.00 e. The molecule has 4 nitrogen and oxygen atoms in total. The van der Waals surface area contributed by atoms with E-state index in [-0.39, 0.29) is 35.0 Å². The van der Waals surface area contributed by atoms with E-state index in [0.29, 0.717) is 11.7 Å². The number of carbonyl (C=O) groups is 1. The number of hydrogen-bond acceptors (Lipinski definition) is 3. The van der Waals surface area contributed by atoms with Crippen LogP contribution < -0.4 is 34.7 Å². The van der Waals surface area contributed by atoms with Gasteiger partial charge in [0.1, 0.15) is 0 Å². The molecule has 0 unspecified atom stereocenters. The molecule has 5 heteroatoms. The Morgan fingerprint density at radius 3 is 2.88 bits per heavy atom. The van der Waals surface area contributed by atoms with Crippen LogP contribution in [-0.2, 0) is 11.2 Å². The molecule has 0 spiro atoms. The van der Waals surface area contributed by atoms with Crippen molar-refractivity contribution in [2.75, 3.05) is 13.1 Å². The molecule has 1 fully saturated rings. The third-order valence-corrected chi connectivity index (χ3v) is 6.46. The predicted octanol–water partition coefficient (Wildman–Crippen LogP) is -0.661. The number of carboxylic acids is 1. The van der Waals surface area contributed by atoms with Gasteiger partial charge in [-0.15, -0.1) is 0 Å². The fourth-order valence-electron chi connectivity index (χ4n) is 5.43. The largest absolute Gasteiger partial charge is 1.00 e. The number of carboxylic acid groups (broad SMARTS) is 1. The Morgan fingerprint density at radius 2 is 2.12 bits per heavy atom. The molecule has 1 aromatic heterocycles. The Balaban J connectivity index is 0.00000157. The van der Waals surface area contributed by atoms with Crippen molar-refractivity contribution in [2.24, 2.45) is 5.41 Å². The monoisotopic (exact) mass is 344 g/mol. The molecule has 0 aliphatic carbocycles. The molecule has 1 aromatic carbocycles. The average Bonchev–Trinajstić information content (AvgIpc) is 2.95. The summed E-state index contributed by atoms with van der Waals surface area (Å²) in [4.78, 5) is 14.6. The normalized spacial score (nSPS) is 27.4. The molecule has 2 aromatic rings. The fraction of sp³-hybridized carbons (Fsp3) is 0.450. The van der Waals surface area contributed by atoms with Crippen molar-refractivity contribution in [3.63, 3.8) is 0 Å². The summed E-state index contributed by atoms with van der Waals surface area (Å²) < 4.78 is 1.98. The first-order valence-corrected chi connectivity index (χ1v) is 8.97. The molecular weight excluding hydrogens is 323 g/mol. The predicted molar refractivity (Wildman–Crippen MR) is 91.2 cm³/mol. The van der Waals surface area contributed by atoms with Crippen LogP contribution in [0.1, 0.15) is 43.5 Å². The van der Waals surface area contributed by atoms with E-state index in [4.69, 9.17) is 0 Å². The molecule has 4 heterocycles. The second-order valence-electron chi connectivity index (χ2n) is 7.41. The fourth-order valence-corrected chi connectivity index (χ4v) is 5.43. The third kappa shape index (κ3) is 2.18. The van der Waals surface area contributed by atoms with Crippen LogP contribution in [0.15, 0.2) is 30.3 Å². The molecule has 124 valence electrons. The van der Waals surface area contributed by atoms with Crippen LogP contribution >= 0.6 is 0 Å². The van der Waals surface area contributed by atoms with Crippen molar-refractivity contribution in [2.45, 2.75) is 38.6 Å². The van der Waals surface area contributed by atoms with Crippen LogP contribution in [0.5, 0.6) is 0 Å². The quantitative estimate of drug-likeness (QED) is 0.680. The Labute approximate surface area is 169 Å². The molecule has 3 aliphatic rings. The molecule has 5 rings (SSSR count). The van der Waals surface area contributed by atoms with Gasteiger partial charge in [0, 0.05) is 23.0 Å². The van der Waals surface area contributed by atoms with E-state index in [2.05, 4.69) is 17.9 Å². The minimum Gasteiger partial charge on any atom is -0.543 e. The number of nitrogens with zero attached hydrogens (tertiary/aromatic N) is 2. The van der Waals surface area contributed by atoms with E-state index in [9.17, 15) is 9.90 Å². The summed E-state index contributed by atoms with van der Waals surface area (Å²) in [5.74, 6) is -1.06. The van der Waals surface area contributed by atoms with Gasteiger partial charge in [-0.1, -0.05) is 31.2 Å². The van der Waals surface area contributed by atoms with Crippen molar-refractivity contribution in [3.8, 4) is 0 Å². The molecule has 25 heavy (non-hydrogen) atoms. The van der Waals surface area contributed by atoms with Gasteiger partial charge in [0.25, 0.3) is 0 Å². The topological polar surface area (TPSA) is 48.3 Å². The Bertz CT molecular complexity index is 900. The Morgan fingerprint density at radius 1 is 1.32 bits per heavy atom. The van der Waals surface area contributed by atoms with E-state index in [1.165, 1.54) is 16.6 Å². The average molecular weight is 344 g/mol. The second-order valence-corrected chi connectivity index (χ2v) is 7.41. The third-order valence-electron chi connectivity index (χ3n) is 6.46. The molecule has 2 atom stereocenters. The Kier molecular flexibility index (Phi) is 4.15. The van der Waals surface area contributed by atoms with E-state index in [1.807, 2.05) is 28.8 Å². The van der Waals surface area contributed by atoms with Gasteiger partial charge in [-0.2, -0.15) is 0 Å². The number of aromatic nitrogens is 1. The molecule has 0 amide bonds. The summed E-state index contributed by atoms with van der Waals surface area (Å²) in [6.45, 7) is 4.38. The smallest absolute Gasteiger partial charge is 0.543 e. The number of carbonyl (C=O) groups excluding carboxylic acids is 1. The minimum atomic E-state index is -1.06. The number of piperidine rings is 1. The van der Waals surface area contributed by atoms with Crippen LogP contribution in [0, 0.1) is 5.41 Å². The molecular formula is C20H21N2NaO2. The second kappa shape index (κ2) is 5.98. The van der Waals surface area contributed by atoms with Gasteiger partial charge in [-0.3, -0.25) is 4.90 Å². The number of fused-ring (bicyclic) bond motifs is 3. The molecule has 0 bridgehead atoms. The van der Waals surface area contributed by atoms with Crippen LogP contribution in [-0.4, -0.2) is 28.5 Å². The van der Waals surface area contributed by atoms with Crippen LogP contribution in [0.4, 0.5) is 0 Å². The summed E-state index contributed by atoms with van der Waals surface area (Å²) in [6, 6.07) is 8.51. The summed E-state index contributed by atoms with van der Waals surface area (Å²) in [7, 11) is 0. The van der Waals surface area contributed by atoms with E-state index < -0.39 is 5.97 Å². The number of benzene rings is 1. The van der Waals surface area contributed by atoms with Gasteiger partial charge in [-0.25, -0.2) is 0 Å². The summed E-state index contributed by atoms with van der Waals surface area (Å²) in [6.07, 6.45) is 6.18. The van der Waals surface area contributed by atoms with Crippen molar-refractivity contribution >= 4 is 22.6 Å². The number of aliphatic carboxylic acids is 1. The number of hydrogen-bond donors (Lipinski definition) is 0. The summed E-state index contributed by atoms with van der Waals surface area (Å²) >= 11 is 0. The van der Waals surface area contributed by atoms with E-state index in [0.717, 1.165) is 44.3 Å². The zero-order valence-corrected chi connectivity index (χ0v) is 16.9. The molecule has 3 aliphatic heterocycles. The molecule has 0 saturated carbocycles. The number of para-hydroxylation sites is 1. The first kappa shape index (κ1) is 17.3. The SMILES string of the molecule is CC[C@]12C=C(C(=O)[O-])n3c4c(c5ccccc53)CCN(CCC1)[C@H]42.[Na+]. The van der Waals surface area contributed by atoms with E-state index in [1.54, 1.807) is 0 Å². The van der Waals surface area contributed by atoms with E-state index >= 15 is 0 Å². The molecule has 1 saturated heterocycles. The molecule has 0 N–H and O–H groups in total. The van der Waals surface area contributed by atoms with Crippen LogP contribution in [0.25, 0.3) is 16.6 Å². The standard InChI is InChI=1S/C20H22N2O2.Na/c1-2-20-9-5-10-21-11-8-14-13-6-3-4-7-15(13)22(17(14)18(20)21)16(12-20)19(23)24;/h3-4,6-7,12,18H,2,5,8-11H2,1H3,(H,23,24);/q;+1/p-1/t18-,20-;/m1./s1. The minimum absolute atomic E-state index is 0. The summed E-state index contributed by atoms with van der Waals surface area (Å²) in [5, 5.41) is 13.2.